The fraction of sp³-hybridized carbons (Fsp3) is 0.267. The van der Waals surface area contributed by atoms with Gasteiger partial charge >= 0.3 is 0 Å². The lowest BCUT2D eigenvalue weighted by Gasteiger charge is -2.04. The average molecular weight is 343 g/mol. The van der Waals surface area contributed by atoms with Gasteiger partial charge in [-0.15, -0.1) is 0 Å². The molecule has 0 unspecified atom stereocenters. The summed E-state index contributed by atoms with van der Waals surface area (Å²) >= 11 is 0. The highest BCUT2D eigenvalue weighted by Gasteiger charge is 2.16. The number of hydrogen-bond donors (Lipinski definition) is 2. The fourth-order valence-corrected chi connectivity index (χ4v) is 2.24. The first kappa shape index (κ1) is 16.6. The van der Waals surface area contributed by atoms with Crippen LogP contribution in [0.5, 0.6) is 0 Å². The van der Waals surface area contributed by atoms with Gasteiger partial charge in [0.25, 0.3) is 11.5 Å². The summed E-state index contributed by atoms with van der Waals surface area (Å²) < 4.78 is 8.14. The molecule has 2 N–H and O–H groups in total. The van der Waals surface area contributed by atoms with E-state index in [0.717, 1.165) is 0 Å². The van der Waals surface area contributed by atoms with Crippen LogP contribution in [0.1, 0.15) is 16.1 Å². The number of aromatic amines is 1. The summed E-state index contributed by atoms with van der Waals surface area (Å²) in [5.41, 5.74) is 0.672. The zero-order valence-corrected chi connectivity index (χ0v) is 13.8. The van der Waals surface area contributed by atoms with Crippen molar-refractivity contribution in [2.24, 2.45) is 0 Å². The third-order valence-electron chi connectivity index (χ3n) is 3.54. The van der Waals surface area contributed by atoms with Crippen LogP contribution in [-0.2, 0) is 11.3 Å². The number of nitrogens with one attached hydrogen (secondary N) is 2. The molecule has 0 aromatic carbocycles. The number of methoxy groups -OCH3 is 1. The predicted octanol–water partition coefficient (Wildman–Crippen LogP) is 0.359. The molecule has 130 valence electrons. The lowest BCUT2D eigenvalue weighted by Crippen LogP contribution is -2.15. The van der Waals surface area contributed by atoms with E-state index in [4.69, 9.17) is 4.74 Å². The largest absolute Gasteiger partial charge is 0.383 e. The van der Waals surface area contributed by atoms with E-state index < -0.39 is 0 Å². The van der Waals surface area contributed by atoms with E-state index in [-0.39, 0.29) is 11.5 Å². The molecule has 10 heteroatoms. The maximum absolute atomic E-state index is 12.4. The van der Waals surface area contributed by atoms with E-state index in [2.05, 4.69) is 25.7 Å². The normalized spacial score (nSPS) is 10.8. The Labute approximate surface area is 142 Å². The van der Waals surface area contributed by atoms with Gasteiger partial charge in [-0.3, -0.25) is 14.3 Å². The van der Waals surface area contributed by atoms with Crippen molar-refractivity contribution in [3.05, 3.63) is 52.2 Å². The Kier molecular flexibility index (Phi) is 4.70. The maximum atomic E-state index is 12.4. The quantitative estimate of drug-likeness (QED) is 0.667. The third kappa shape index (κ3) is 3.63. The van der Waals surface area contributed by atoms with Gasteiger partial charge in [-0.25, -0.2) is 9.78 Å². The number of anilines is 1. The molecule has 25 heavy (non-hydrogen) atoms. The molecule has 0 aliphatic rings. The molecule has 0 bridgehead atoms. The standard InChI is InChI=1S/C15H17N7O3/c1-10-11(9-16-22(10)13-3-4-14(23)19-18-13)15(24)17-12-5-6-21(20-12)7-8-25-2/h3-6,9H,7-8H2,1-2H3,(H,19,23)(H,17,20,24). The lowest BCUT2D eigenvalue weighted by atomic mass is 10.2. The summed E-state index contributed by atoms with van der Waals surface area (Å²) in [7, 11) is 1.61. The Morgan fingerprint density at radius 1 is 1.36 bits per heavy atom. The second-order valence-corrected chi connectivity index (χ2v) is 5.25. The number of ether oxygens (including phenoxy) is 1. The minimum absolute atomic E-state index is 0.310. The Hall–Kier alpha value is -3.27. The van der Waals surface area contributed by atoms with Crippen molar-refractivity contribution in [1.82, 2.24) is 29.8 Å². The van der Waals surface area contributed by atoms with Gasteiger partial charge in [0.05, 0.1) is 30.6 Å². The van der Waals surface area contributed by atoms with Crippen LogP contribution < -0.4 is 10.9 Å². The van der Waals surface area contributed by atoms with Crippen molar-refractivity contribution in [3.63, 3.8) is 0 Å². The molecule has 0 fully saturated rings. The van der Waals surface area contributed by atoms with Crippen molar-refractivity contribution >= 4 is 11.7 Å². The molecular weight excluding hydrogens is 326 g/mol. The molecule has 3 heterocycles. The van der Waals surface area contributed by atoms with Crippen LogP contribution in [0.2, 0.25) is 0 Å². The zero-order chi connectivity index (χ0) is 17.8. The number of rotatable bonds is 6. The van der Waals surface area contributed by atoms with Gasteiger partial charge in [-0.2, -0.15) is 15.3 Å². The first-order valence-electron chi connectivity index (χ1n) is 7.53. The molecule has 3 rings (SSSR count). The number of nitrogens with zero attached hydrogens (tertiary/aromatic N) is 5. The summed E-state index contributed by atoms with van der Waals surface area (Å²) in [6, 6.07) is 4.57. The highest BCUT2D eigenvalue weighted by Crippen LogP contribution is 2.13. The number of aromatic nitrogens is 6. The molecule has 0 aliphatic carbocycles. The second kappa shape index (κ2) is 7.09. The lowest BCUT2D eigenvalue weighted by molar-refractivity contribution is 0.102. The molecule has 0 atom stereocenters. The van der Waals surface area contributed by atoms with E-state index in [0.29, 0.717) is 36.0 Å². The molecule has 10 nitrogen and oxygen atoms in total. The van der Waals surface area contributed by atoms with Gasteiger partial charge < -0.3 is 10.1 Å². The number of carbonyl (C=O) groups is 1. The van der Waals surface area contributed by atoms with Crippen LogP contribution in [0.4, 0.5) is 5.82 Å². The Morgan fingerprint density at radius 2 is 2.20 bits per heavy atom. The topological polar surface area (TPSA) is 120 Å². The molecule has 3 aromatic heterocycles. The maximum Gasteiger partial charge on any atom is 0.264 e. The second-order valence-electron chi connectivity index (χ2n) is 5.25. The monoisotopic (exact) mass is 343 g/mol. The third-order valence-corrected chi connectivity index (χ3v) is 3.54. The van der Waals surface area contributed by atoms with Gasteiger partial charge in [-0.05, 0) is 13.0 Å². The average Bonchev–Trinajstić information content (AvgIpc) is 3.20. The van der Waals surface area contributed by atoms with E-state index in [1.807, 2.05) is 0 Å². The smallest absolute Gasteiger partial charge is 0.264 e. The van der Waals surface area contributed by atoms with Crippen molar-refractivity contribution in [2.75, 3.05) is 19.0 Å². The summed E-state index contributed by atoms with van der Waals surface area (Å²) in [4.78, 5) is 23.5. The molecule has 0 spiro atoms. The molecular formula is C15H17N7O3. The van der Waals surface area contributed by atoms with Gasteiger partial charge in [-0.1, -0.05) is 0 Å². The molecule has 0 saturated heterocycles. The van der Waals surface area contributed by atoms with Crippen LogP contribution in [0.25, 0.3) is 5.82 Å². The minimum atomic E-state index is -0.329. The van der Waals surface area contributed by atoms with Crippen LogP contribution in [0.3, 0.4) is 0 Å². The van der Waals surface area contributed by atoms with Gasteiger partial charge in [0.2, 0.25) is 0 Å². The summed E-state index contributed by atoms with van der Waals surface area (Å²) in [5.74, 6) is 0.528. The Balaban J connectivity index is 1.75. The van der Waals surface area contributed by atoms with Crippen LogP contribution in [-0.4, -0.2) is 49.4 Å². The number of carbonyl (C=O) groups excluding carboxylic acids is 1. The zero-order valence-electron chi connectivity index (χ0n) is 13.8. The van der Waals surface area contributed by atoms with Crippen molar-refractivity contribution in [1.29, 1.82) is 0 Å². The number of hydrogen-bond acceptors (Lipinski definition) is 6. The summed E-state index contributed by atoms with van der Waals surface area (Å²) in [6.07, 6.45) is 3.20. The van der Waals surface area contributed by atoms with E-state index >= 15 is 0 Å². The van der Waals surface area contributed by atoms with Gasteiger partial charge in [0.15, 0.2) is 11.6 Å². The molecule has 1 amide bonds. The predicted molar refractivity (Wildman–Crippen MR) is 88.8 cm³/mol. The van der Waals surface area contributed by atoms with Gasteiger partial charge in [0, 0.05) is 25.4 Å². The summed E-state index contributed by atoms with van der Waals surface area (Å²) in [6.45, 7) is 2.88. The van der Waals surface area contributed by atoms with Crippen molar-refractivity contribution < 1.29 is 9.53 Å². The summed E-state index contributed by atoms with van der Waals surface area (Å²) in [5, 5.41) is 17.4. The molecule has 0 radical (unpaired) electrons. The van der Waals surface area contributed by atoms with E-state index in [9.17, 15) is 9.59 Å². The molecule has 0 aliphatic heterocycles. The Morgan fingerprint density at radius 3 is 2.92 bits per heavy atom. The van der Waals surface area contributed by atoms with Crippen molar-refractivity contribution in [3.8, 4) is 5.82 Å². The van der Waals surface area contributed by atoms with Crippen molar-refractivity contribution in [2.45, 2.75) is 13.5 Å². The van der Waals surface area contributed by atoms with Crippen LogP contribution in [0.15, 0.2) is 35.4 Å². The fourth-order valence-electron chi connectivity index (χ4n) is 2.24. The molecule has 0 saturated carbocycles. The first-order valence-corrected chi connectivity index (χ1v) is 7.53. The highest BCUT2D eigenvalue weighted by molar-refractivity contribution is 6.04. The van der Waals surface area contributed by atoms with E-state index in [1.54, 1.807) is 31.0 Å². The first-order chi connectivity index (χ1) is 12.1. The van der Waals surface area contributed by atoms with Crippen LogP contribution >= 0.6 is 0 Å². The van der Waals surface area contributed by atoms with Gasteiger partial charge in [0.1, 0.15) is 0 Å². The molecule has 3 aromatic rings. The number of H-pyrrole nitrogens is 1. The Bertz CT molecular complexity index is 920. The highest BCUT2D eigenvalue weighted by atomic mass is 16.5. The SMILES string of the molecule is COCCn1ccc(NC(=O)c2cnn(-c3ccc(=O)[nH]n3)c2C)n1. The van der Waals surface area contributed by atoms with E-state index in [1.165, 1.54) is 23.0 Å². The number of amides is 1. The van der Waals surface area contributed by atoms with Crippen LogP contribution in [0, 0.1) is 6.92 Å². The minimum Gasteiger partial charge on any atom is -0.383 e.